The van der Waals surface area contributed by atoms with Gasteiger partial charge in [-0.1, -0.05) is 66.2 Å². The van der Waals surface area contributed by atoms with Crippen molar-refractivity contribution in [3.05, 3.63) is 0 Å². The predicted molar refractivity (Wildman–Crippen MR) is 82.1 cm³/mol. The standard InChI is InChI=1S/C17H34O2/c1-14(2)8-6-9-15(3)10-7-11-16(4)12-13-17(18)19-5/h14-16H,6-13H2,1-5H3. The maximum atomic E-state index is 11.0. The molecule has 0 aromatic rings. The molecule has 0 fully saturated rings. The highest BCUT2D eigenvalue weighted by atomic mass is 16.5. The van der Waals surface area contributed by atoms with E-state index < -0.39 is 0 Å². The molecular weight excluding hydrogens is 236 g/mol. The second kappa shape index (κ2) is 11.3. The fourth-order valence-electron chi connectivity index (χ4n) is 2.44. The summed E-state index contributed by atoms with van der Waals surface area (Å²) in [5, 5.41) is 0. The summed E-state index contributed by atoms with van der Waals surface area (Å²) in [5.74, 6) is 2.26. The van der Waals surface area contributed by atoms with Crippen molar-refractivity contribution in [3.8, 4) is 0 Å². The minimum absolute atomic E-state index is 0.0751. The fourth-order valence-corrected chi connectivity index (χ4v) is 2.44. The summed E-state index contributed by atoms with van der Waals surface area (Å²) in [6.45, 7) is 9.22. The molecule has 0 bridgehead atoms. The predicted octanol–water partition coefficient (Wildman–Crippen LogP) is 5.21. The van der Waals surface area contributed by atoms with Crippen LogP contribution in [0.15, 0.2) is 0 Å². The van der Waals surface area contributed by atoms with Crippen molar-refractivity contribution in [2.24, 2.45) is 17.8 Å². The molecule has 2 unspecified atom stereocenters. The minimum Gasteiger partial charge on any atom is -0.469 e. The number of hydrogen-bond acceptors (Lipinski definition) is 2. The van der Waals surface area contributed by atoms with Crippen molar-refractivity contribution < 1.29 is 9.53 Å². The number of carbonyl (C=O) groups excluding carboxylic acids is 1. The van der Waals surface area contributed by atoms with E-state index in [1.807, 2.05) is 0 Å². The molecule has 19 heavy (non-hydrogen) atoms. The molecule has 0 aromatic heterocycles. The van der Waals surface area contributed by atoms with Gasteiger partial charge >= 0.3 is 5.97 Å². The highest BCUT2D eigenvalue weighted by Crippen LogP contribution is 2.20. The van der Waals surface area contributed by atoms with Crippen LogP contribution in [0.1, 0.15) is 79.1 Å². The Kier molecular flexibility index (Phi) is 11.0. The molecule has 0 spiro atoms. The molecule has 2 heteroatoms. The summed E-state index contributed by atoms with van der Waals surface area (Å²) >= 11 is 0. The summed E-state index contributed by atoms with van der Waals surface area (Å²) in [7, 11) is 1.46. The van der Waals surface area contributed by atoms with E-state index >= 15 is 0 Å². The molecule has 2 nitrogen and oxygen atoms in total. The van der Waals surface area contributed by atoms with Gasteiger partial charge in [-0.15, -0.1) is 0 Å². The van der Waals surface area contributed by atoms with Crippen LogP contribution in [0.2, 0.25) is 0 Å². The number of esters is 1. The lowest BCUT2D eigenvalue weighted by atomic mass is 9.92. The summed E-state index contributed by atoms with van der Waals surface area (Å²) in [6, 6.07) is 0. The Morgan fingerprint density at radius 1 is 0.842 bits per heavy atom. The lowest BCUT2D eigenvalue weighted by Gasteiger charge is -2.14. The quantitative estimate of drug-likeness (QED) is 0.482. The number of ether oxygens (including phenoxy) is 1. The number of rotatable bonds is 11. The van der Waals surface area contributed by atoms with Crippen molar-refractivity contribution in [3.63, 3.8) is 0 Å². The largest absolute Gasteiger partial charge is 0.469 e. The Morgan fingerprint density at radius 3 is 1.79 bits per heavy atom. The van der Waals surface area contributed by atoms with Gasteiger partial charge in [0.05, 0.1) is 7.11 Å². The van der Waals surface area contributed by atoms with E-state index in [0.29, 0.717) is 12.3 Å². The van der Waals surface area contributed by atoms with Gasteiger partial charge in [0.15, 0.2) is 0 Å². The van der Waals surface area contributed by atoms with Gasteiger partial charge in [-0.25, -0.2) is 0 Å². The van der Waals surface area contributed by atoms with Crippen LogP contribution in [0.25, 0.3) is 0 Å². The summed E-state index contributed by atoms with van der Waals surface area (Å²) in [6.07, 6.45) is 9.51. The normalized spacial score (nSPS) is 14.4. The van der Waals surface area contributed by atoms with E-state index in [2.05, 4.69) is 32.4 Å². The van der Waals surface area contributed by atoms with Gasteiger partial charge in [0.25, 0.3) is 0 Å². The van der Waals surface area contributed by atoms with Crippen molar-refractivity contribution in [1.29, 1.82) is 0 Å². The summed E-state index contributed by atoms with van der Waals surface area (Å²) < 4.78 is 4.67. The van der Waals surface area contributed by atoms with Crippen LogP contribution < -0.4 is 0 Å². The fraction of sp³-hybridized carbons (Fsp3) is 0.941. The minimum atomic E-state index is -0.0751. The summed E-state index contributed by atoms with van der Waals surface area (Å²) in [4.78, 5) is 11.0. The molecule has 0 saturated heterocycles. The first kappa shape index (κ1) is 18.5. The van der Waals surface area contributed by atoms with Crippen LogP contribution >= 0.6 is 0 Å². The highest BCUT2D eigenvalue weighted by molar-refractivity contribution is 5.69. The molecule has 0 N–H and O–H groups in total. The topological polar surface area (TPSA) is 26.3 Å². The van der Waals surface area contributed by atoms with Gasteiger partial charge in [-0.3, -0.25) is 4.79 Å². The Morgan fingerprint density at radius 2 is 1.32 bits per heavy atom. The lowest BCUT2D eigenvalue weighted by Crippen LogP contribution is -2.04. The maximum absolute atomic E-state index is 11.0. The molecule has 2 atom stereocenters. The first-order valence-electron chi connectivity index (χ1n) is 8.02. The maximum Gasteiger partial charge on any atom is 0.305 e. The van der Waals surface area contributed by atoms with E-state index in [-0.39, 0.29) is 5.97 Å². The van der Waals surface area contributed by atoms with E-state index in [1.165, 1.54) is 45.6 Å². The SMILES string of the molecule is COC(=O)CCC(C)CCCC(C)CCCC(C)C. The molecule has 0 aliphatic heterocycles. The van der Waals surface area contributed by atoms with Gasteiger partial charge in [0.2, 0.25) is 0 Å². The Labute approximate surface area is 120 Å². The first-order valence-corrected chi connectivity index (χ1v) is 8.02. The van der Waals surface area contributed by atoms with Crippen molar-refractivity contribution in [1.82, 2.24) is 0 Å². The van der Waals surface area contributed by atoms with Crippen LogP contribution in [0.3, 0.4) is 0 Å². The molecular formula is C17H34O2. The molecule has 0 rings (SSSR count). The van der Waals surface area contributed by atoms with Gasteiger partial charge in [0, 0.05) is 6.42 Å². The average Bonchev–Trinajstić information content (AvgIpc) is 2.35. The van der Waals surface area contributed by atoms with Gasteiger partial charge in [-0.2, -0.15) is 0 Å². The molecule has 114 valence electrons. The molecule has 0 aliphatic carbocycles. The van der Waals surface area contributed by atoms with Gasteiger partial charge in [-0.05, 0) is 24.2 Å². The van der Waals surface area contributed by atoms with E-state index in [9.17, 15) is 4.79 Å². The third-order valence-electron chi connectivity index (χ3n) is 3.94. The zero-order valence-electron chi connectivity index (χ0n) is 13.7. The third-order valence-corrected chi connectivity index (χ3v) is 3.94. The Hall–Kier alpha value is -0.530. The number of carbonyl (C=O) groups is 1. The second-order valence-corrected chi connectivity index (χ2v) is 6.58. The zero-order chi connectivity index (χ0) is 14.7. The number of hydrogen-bond donors (Lipinski definition) is 0. The lowest BCUT2D eigenvalue weighted by molar-refractivity contribution is -0.140. The van der Waals surface area contributed by atoms with E-state index in [1.54, 1.807) is 0 Å². The van der Waals surface area contributed by atoms with Gasteiger partial charge < -0.3 is 4.74 Å². The average molecular weight is 270 g/mol. The van der Waals surface area contributed by atoms with E-state index in [0.717, 1.165) is 18.3 Å². The van der Waals surface area contributed by atoms with Crippen molar-refractivity contribution in [2.45, 2.75) is 79.1 Å². The van der Waals surface area contributed by atoms with Crippen molar-refractivity contribution in [2.75, 3.05) is 7.11 Å². The molecule has 0 aromatic carbocycles. The smallest absolute Gasteiger partial charge is 0.305 e. The van der Waals surface area contributed by atoms with Crippen LogP contribution in [0, 0.1) is 17.8 Å². The number of methoxy groups -OCH3 is 1. The molecule has 0 aliphatic rings. The Bertz CT molecular complexity index is 223. The van der Waals surface area contributed by atoms with E-state index in [4.69, 9.17) is 0 Å². The van der Waals surface area contributed by atoms with Crippen molar-refractivity contribution >= 4 is 5.97 Å². The molecule has 0 heterocycles. The van der Waals surface area contributed by atoms with Crippen LogP contribution in [0.5, 0.6) is 0 Å². The van der Waals surface area contributed by atoms with Crippen LogP contribution in [-0.4, -0.2) is 13.1 Å². The Balaban J connectivity index is 3.47. The monoisotopic (exact) mass is 270 g/mol. The molecule has 0 amide bonds. The van der Waals surface area contributed by atoms with Crippen LogP contribution in [0.4, 0.5) is 0 Å². The van der Waals surface area contributed by atoms with Gasteiger partial charge in [0.1, 0.15) is 0 Å². The first-order chi connectivity index (χ1) is 8.95. The highest BCUT2D eigenvalue weighted by Gasteiger charge is 2.08. The molecule has 0 saturated carbocycles. The third kappa shape index (κ3) is 12.3. The molecule has 0 radical (unpaired) electrons. The van der Waals surface area contributed by atoms with Crippen LogP contribution in [-0.2, 0) is 9.53 Å². The summed E-state index contributed by atoms with van der Waals surface area (Å²) in [5.41, 5.74) is 0. The zero-order valence-corrected chi connectivity index (χ0v) is 13.7. The second-order valence-electron chi connectivity index (χ2n) is 6.58.